The Morgan fingerprint density at radius 3 is 2.88 bits per heavy atom. The Bertz CT molecular complexity index is 377. The molecule has 0 aliphatic heterocycles. The molecule has 0 heterocycles. The second kappa shape index (κ2) is 5.09. The predicted octanol–water partition coefficient (Wildman–Crippen LogP) is 3.45. The topological polar surface area (TPSA) is 35.2 Å². The van der Waals surface area contributed by atoms with E-state index >= 15 is 0 Å². The average Bonchev–Trinajstić information content (AvgIpc) is 2.74. The number of hydrogen-bond donors (Lipinski definition) is 1. The lowest BCUT2D eigenvalue weighted by atomic mass is 9.88. The van der Waals surface area contributed by atoms with Crippen LogP contribution in [0.25, 0.3) is 0 Å². The summed E-state index contributed by atoms with van der Waals surface area (Å²) in [5.74, 6) is 1.73. The highest BCUT2D eigenvalue weighted by atomic mass is 16.5. The lowest BCUT2D eigenvalue weighted by Crippen LogP contribution is -2.33. The molecule has 2 N–H and O–H groups in total. The maximum atomic E-state index is 6.56. The zero-order valence-electron chi connectivity index (χ0n) is 10.9. The highest BCUT2D eigenvalue weighted by Crippen LogP contribution is 2.42. The molecule has 0 bridgehead atoms. The number of nitrogens with two attached hydrogens (primary N) is 1. The number of ether oxygens (including phenoxy) is 1. The SMILES string of the molecule is CCOc1cccc(C2(N)CCC(CC)C2)c1. The summed E-state index contributed by atoms with van der Waals surface area (Å²) >= 11 is 0. The van der Waals surface area contributed by atoms with Gasteiger partial charge >= 0.3 is 0 Å². The first kappa shape index (κ1) is 12.4. The van der Waals surface area contributed by atoms with E-state index in [4.69, 9.17) is 10.5 Å². The van der Waals surface area contributed by atoms with Gasteiger partial charge in [-0.05, 0) is 49.8 Å². The summed E-state index contributed by atoms with van der Waals surface area (Å²) in [6, 6.07) is 8.30. The van der Waals surface area contributed by atoms with Crippen molar-refractivity contribution in [2.24, 2.45) is 11.7 Å². The van der Waals surface area contributed by atoms with E-state index in [0.717, 1.165) is 24.5 Å². The Morgan fingerprint density at radius 1 is 1.41 bits per heavy atom. The first-order valence-corrected chi connectivity index (χ1v) is 6.70. The molecule has 2 nitrogen and oxygen atoms in total. The molecular weight excluding hydrogens is 210 g/mol. The lowest BCUT2D eigenvalue weighted by Gasteiger charge is -2.25. The summed E-state index contributed by atoms with van der Waals surface area (Å²) < 4.78 is 5.55. The van der Waals surface area contributed by atoms with E-state index in [1.54, 1.807) is 0 Å². The summed E-state index contributed by atoms with van der Waals surface area (Å²) in [5.41, 5.74) is 7.66. The van der Waals surface area contributed by atoms with Gasteiger partial charge in [0, 0.05) is 5.54 Å². The van der Waals surface area contributed by atoms with Crippen molar-refractivity contribution in [3.8, 4) is 5.75 Å². The number of hydrogen-bond acceptors (Lipinski definition) is 2. The smallest absolute Gasteiger partial charge is 0.119 e. The molecule has 2 unspecified atom stereocenters. The Kier molecular flexibility index (Phi) is 3.72. The van der Waals surface area contributed by atoms with Crippen LogP contribution >= 0.6 is 0 Å². The van der Waals surface area contributed by atoms with Crippen LogP contribution in [0.2, 0.25) is 0 Å². The molecule has 0 saturated heterocycles. The molecule has 0 spiro atoms. The van der Waals surface area contributed by atoms with Crippen molar-refractivity contribution in [2.45, 2.75) is 45.1 Å². The average molecular weight is 233 g/mol. The van der Waals surface area contributed by atoms with E-state index in [1.165, 1.54) is 18.4 Å². The normalized spacial score (nSPS) is 28.3. The standard InChI is InChI=1S/C15H23NO/c1-3-12-8-9-15(16,11-12)13-6-5-7-14(10-13)17-4-2/h5-7,10,12H,3-4,8-9,11,16H2,1-2H3. The molecule has 0 amide bonds. The lowest BCUT2D eigenvalue weighted by molar-refractivity contribution is 0.337. The molecule has 94 valence electrons. The van der Waals surface area contributed by atoms with Crippen LogP contribution in [-0.4, -0.2) is 6.61 Å². The molecule has 2 atom stereocenters. The third kappa shape index (κ3) is 2.63. The fraction of sp³-hybridized carbons (Fsp3) is 0.600. The van der Waals surface area contributed by atoms with Crippen molar-refractivity contribution in [1.29, 1.82) is 0 Å². The second-order valence-electron chi connectivity index (χ2n) is 5.13. The van der Waals surface area contributed by atoms with Gasteiger partial charge in [0.05, 0.1) is 6.61 Å². The monoisotopic (exact) mass is 233 g/mol. The Balaban J connectivity index is 2.18. The minimum Gasteiger partial charge on any atom is -0.494 e. The molecule has 0 radical (unpaired) electrons. The summed E-state index contributed by atoms with van der Waals surface area (Å²) in [4.78, 5) is 0. The molecule has 0 aromatic heterocycles. The van der Waals surface area contributed by atoms with Crippen molar-refractivity contribution >= 4 is 0 Å². The van der Waals surface area contributed by atoms with Gasteiger partial charge in [0.25, 0.3) is 0 Å². The van der Waals surface area contributed by atoms with E-state index in [9.17, 15) is 0 Å². The van der Waals surface area contributed by atoms with Gasteiger partial charge in [-0.15, -0.1) is 0 Å². The van der Waals surface area contributed by atoms with Crippen LogP contribution in [0.5, 0.6) is 5.75 Å². The van der Waals surface area contributed by atoms with Crippen molar-refractivity contribution < 1.29 is 4.74 Å². The molecule has 1 aromatic rings. The fourth-order valence-corrected chi connectivity index (χ4v) is 2.85. The first-order chi connectivity index (χ1) is 8.18. The Labute approximate surface area is 104 Å². The molecule has 1 fully saturated rings. The van der Waals surface area contributed by atoms with Crippen LogP contribution in [0.3, 0.4) is 0 Å². The van der Waals surface area contributed by atoms with Gasteiger partial charge in [-0.2, -0.15) is 0 Å². The van der Waals surface area contributed by atoms with E-state index in [-0.39, 0.29) is 5.54 Å². The van der Waals surface area contributed by atoms with Gasteiger partial charge in [-0.25, -0.2) is 0 Å². The quantitative estimate of drug-likeness (QED) is 0.864. The molecule has 2 rings (SSSR count). The van der Waals surface area contributed by atoms with Gasteiger partial charge in [0.15, 0.2) is 0 Å². The van der Waals surface area contributed by atoms with Gasteiger partial charge in [0.1, 0.15) is 5.75 Å². The predicted molar refractivity (Wildman–Crippen MR) is 71.1 cm³/mol. The highest BCUT2D eigenvalue weighted by molar-refractivity contribution is 5.34. The number of rotatable bonds is 4. The van der Waals surface area contributed by atoms with E-state index in [1.807, 2.05) is 19.1 Å². The second-order valence-corrected chi connectivity index (χ2v) is 5.13. The summed E-state index contributed by atoms with van der Waals surface area (Å²) in [6.45, 7) is 4.97. The molecular formula is C15H23NO. The largest absolute Gasteiger partial charge is 0.494 e. The Morgan fingerprint density at radius 2 is 2.24 bits per heavy atom. The van der Waals surface area contributed by atoms with Crippen molar-refractivity contribution in [3.05, 3.63) is 29.8 Å². The number of benzene rings is 1. The van der Waals surface area contributed by atoms with E-state index in [2.05, 4.69) is 19.1 Å². The summed E-state index contributed by atoms with van der Waals surface area (Å²) in [7, 11) is 0. The maximum Gasteiger partial charge on any atom is 0.119 e. The van der Waals surface area contributed by atoms with Gasteiger partial charge < -0.3 is 10.5 Å². The van der Waals surface area contributed by atoms with Crippen LogP contribution in [0.15, 0.2) is 24.3 Å². The zero-order chi connectivity index (χ0) is 12.3. The fourth-order valence-electron chi connectivity index (χ4n) is 2.85. The summed E-state index contributed by atoms with van der Waals surface area (Å²) in [5, 5.41) is 0. The third-order valence-corrected chi connectivity index (χ3v) is 3.95. The van der Waals surface area contributed by atoms with E-state index in [0.29, 0.717) is 6.61 Å². The minimum atomic E-state index is -0.131. The van der Waals surface area contributed by atoms with Gasteiger partial charge in [-0.3, -0.25) is 0 Å². The molecule has 1 saturated carbocycles. The molecule has 1 aliphatic carbocycles. The Hall–Kier alpha value is -1.02. The van der Waals surface area contributed by atoms with Crippen molar-refractivity contribution in [1.82, 2.24) is 0 Å². The van der Waals surface area contributed by atoms with Gasteiger partial charge in [0.2, 0.25) is 0 Å². The van der Waals surface area contributed by atoms with E-state index < -0.39 is 0 Å². The molecule has 1 aliphatic rings. The zero-order valence-corrected chi connectivity index (χ0v) is 10.9. The van der Waals surface area contributed by atoms with Gasteiger partial charge in [-0.1, -0.05) is 25.5 Å². The molecule has 1 aromatic carbocycles. The van der Waals surface area contributed by atoms with Crippen molar-refractivity contribution in [3.63, 3.8) is 0 Å². The molecule has 17 heavy (non-hydrogen) atoms. The minimum absolute atomic E-state index is 0.131. The maximum absolute atomic E-state index is 6.56. The van der Waals surface area contributed by atoms with Crippen LogP contribution < -0.4 is 10.5 Å². The first-order valence-electron chi connectivity index (χ1n) is 6.70. The highest BCUT2D eigenvalue weighted by Gasteiger charge is 2.36. The van der Waals surface area contributed by atoms with Crippen LogP contribution in [-0.2, 0) is 5.54 Å². The van der Waals surface area contributed by atoms with Crippen LogP contribution in [0, 0.1) is 5.92 Å². The van der Waals surface area contributed by atoms with Crippen LogP contribution in [0.4, 0.5) is 0 Å². The third-order valence-electron chi connectivity index (χ3n) is 3.95. The van der Waals surface area contributed by atoms with Crippen LogP contribution in [0.1, 0.15) is 45.1 Å². The molecule has 2 heteroatoms. The van der Waals surface area contributed by atoms with Crippen molar-refractivity contribution in [2.75, 3.05) is 6.61 Å². The summed E-state index contributed by atoms with van der Waals surface area (Å²) in [6.07, 6.45) is 4.70.